The molecule has 0 saturated heterocycles. The van der Waals surface area contributed by atoms with E-state index in [-0.39, 0.29) is 15.2 Å². The van der Waals surface area contributed by atoms with E-state index in [2.05, 4.69) is 31.9 Å². The summed E-state index contributed by atoms with van der Waals surface area (Å²) in [5, 5.41) is 21.6. The van der Waals surface area contributed by atoms with Crippen LogP contribution in [0.25, 0.3) is 0 Å². The summed E-state index contributed by atoms with van der Waals surface area (Å²) < 4.78 is 40.5. The maximum Gasteiger partial charge on any atom is 0.418 e. The molecular weight excluding hydrogens is 479 g/mol. The summed E-state index contributed by atoms with van der Waals surface area (Å²) in [7, 11) is 0. The van der Waals surface area contributed by atoms with Crippen molar-refractivity contribution >= 4 is 48.9 Å². The first kappa shape index (κ1) is 19.1. The first-order valence-electron chi connectivity index (χ1n) is 6.28. The second-order valence-corrected chi connectivity index (χ2v) is 6.34. The number of nitro groups is 2. The van der Waals surface area contributed by atoms with Gasteiger partial charge in [-0.1, -0.05) is 27.0 Å². The summed E-state index contributed by atoms with van der Waals surface area (Å²) in [5.74, 6) is 0. The third-order valence-electron chi connectivity index (χ3n) is 3.03. The molecule has 0 radical (unpaired) electrons. The summed E-state index contributed by atoms with van der Waals surface area (Å²) in [4.78, 5) is 21.6. The van der Waals surface area contributed by atoms with Crippen molar-refractivity contribution in [2.24, 2.45) is 0 Å². The van der Waals surface area contributed by atoms with Gasteiger partial charge in [-0.3, -0.25) is 10.1 Å². The molecule has 0 saturated carbocycles. The maximum absolute atomic E-state index is 13.3. The van der Waals surface area contributed by atoms with Crippen molar-refractivity contribution in [2.45, 2.75) is 6.18 Å². The SMILES string of the molecule is O=[N+]([O-])c1cccc(C(F)(F)F)c1N(c1ccc(Br)cc1Br)[N+](=O)[O-]. The molecule has 0 unspecified atom stereocenters. The highest BCUT2D eigenvalue weighted by atomic mass is 79.9. The summed E-state index contributed by atoms with van der Waals surface area (Å²) in [5.41, 5.74) is -4.00. The van der Waals surface area contributed by atoms with E-state index in [4.69, 9.17) is 0 Å². The van der Waals surface area contributed by atoms with Gasteiger partial charge < -0.3 is 0 Å². The number of anilines is 2. The van der Waals surface area contributed by atoms with Crippen molar-refractivity contribution in [1.82, 2.24) is 0 Å². The van der Waals surface area contributed by atoms with Crippen LogP contribution in [-0.4, -0.2) is 9.96 Å². The Bertz CT molecular complexity index is 861. The minimum absolute atomic E-state index is 0.0392. The Hall–Kier alpha value is -2.21. The molecule has 0 aliphatic heterocycles. The van der Waals surface area contributed by atoms with Gasteiger partial charge >= 0.3 is 6.18 Å². The van der Waals surface area contributed by atoms with Gasteiger partial charge in [-0.25, -0.2) is 10.1 Å². The lowest BCUT2D eigenvalue weighted by Gasteiger charge is -2.19. The zero-order chi connectivity index (χ0) is 18.9. The molecule has 0 aliphatic rings. The molecule has 25 heavy (non-hydrogen) atoms. The predicted molar refractivity (Wildman–Crippen MR) is 89.1 cm³/mol. The number of para-hydroxylation sites is 1. The maximum atomic E-state index is 13.3. The average molecular weight is 485 g/mol. The van der Waals surface area contributed by atoms with Crippen molar-refractivity contribution in [1.29, 1.82) is 0 Å². The molecule has 0 bridgehead atoms. The molecule has 0 spiro atoms. The average Bonchev–Trinajstić information content (AvgIpc) is 2.48. The van der Waals surface area contributed by atoms with Crippen molar-refractivity contribution in [3.63, 3.8) is 0 Å². The minimum atomic E-state index is -5.03. The van der Waals surface area contributed by atoms with Gasteiger partial charge in [-0.2, -0.15) is 13.2 Å². The molecule has 2 aromatic carbocycles. The lowest BCUT2D eigenvalue weighted by atomic mass is 10.1. The van der Waals surface area contributed by atoms with E-state index in [1.54, 1.807) is 0 Å². The highest BCUT2D eigenvalue weighted by molar-refractivity contribution is 9.11. The third kappa shape index (κ3) is 3.90. The Balaban J connectivity index is 2.87. The molecule has 2 rings (SSSR count). The highest BCUT2D eigenvalue weighted by Crippen LogP contribution is 2.45. The monoisotopic (exact) mass is 483 g/mol. The predicted octanol–water partition coefficient (Wildman–Crippen LogP) is 5.47. The fourth-order valence-electron chi connectivity index (χ4n) is 2.07. The molecule has 12 heteroatoms. The van der Waals surface area contributed by atoms with Crippen LogP contribution in [0.3, 0.4) is 0 Å². The Morgan fingerprint density at radius 1 is 1.04 bits per heavy atom. The second-order valence-electron chi connectivity index (χ2n) is 4.57. The van der Waals surface area contributed by atoms with Crippen LogP contribution in [0.1, 0.15) is 5.56 Å². The Kier molecular flexibility index (Phi) is 5.32. The quantitative estimate of drug-likeness (QED) is 0.424. The number of alkyl halides is 3. The lowest BCUT2D eigenvalue weighted by Crippen LogP contribution is -2.28. The third-order valence-corrected chi connectivity index (χ3v) is 4.16. The molecule has 7 nitrogen and oxygen atoms in total. The van der Waals surface area contributed by atoms with Crippen molar-refractivity contribution in [3.05, 3.63) is 71.1 Å². The van der Waals surface area contributed by atoms with E-state index in [1.165, 1.54) is 12.1 Å². The first-order valence-corrected chi connectivity index (χ1v) is 7.86. The molecule has 0 fully saturated rings. The number of benzene rings is 2. The van der Waals surface area contributed by atoms with Crippen LogP contribution in [0, 0.1) is 20.2 Å². The number of halogens is 5. The van der Waals surface area contributed by atoms with Crippen LogP contribution in [0.15, 0.2) is 45.3 Å². The Morgan fingerprint density at radius 2 is 1.68 bits per heavy atom. The standard InChI is InChI=1S/C13H6Br2F3N3O4/c14-7-4-5-10(9(15)6-7)19(21(24)25)12-8(13(16,17)18)2-1-3-11(12)20(22)23/h1-6H. The topological polar surface area (TPSA) is 89.5 Å². The summed E-state index contributed by atoms with van der Waals surface area (Å²) in [6, 6.07) is 6.03. The van der Waals surface area contributed by atoms with Gasteiger partial charge in [-0.05, 0) is 40.2 Å². The van der Waals surface area contributed by atoms with Gasteiger partial charge in [0.1, 0.15) is 5.69 Å². The first-order chi connectivity index (χ1) is 11.5. The van der Waals surface area contributed by atoms with Crippen molar-refractivity contribution in [2.75, 3.05) is 5.01 Å². The number of hydrazine groups is 1. The van der Waals surface area contributed by atoms with E-state index in [0.29, 0.717) is 10.5 Å². The number of hydrogen-bond donors (Lipinski definition) is 0. The Morgan fingerprint density at radius 3 is 2.16 bits per heavy atom. The van der Waals surface area contributed by atoms with Crippen LogP contribution in [0.5, 0.6) is 0 Å². The van der Waals surface area contributed by atoms with Crippen molar-refractivity contribution < 1.29 is 23.1 Å². The smallest absolute Gasteiger partial charge is 0.258 e. The van der Waals surface area contributed by atoms with Gasteiger partial charge in [0.2, 0.25) is 5.69 Å². The zero-order valence-electron chi connectivity index (χ0n) is 11.8. The molecule has 0 aromatic heterocycles. The lowest BCUT2D eigenvalue weighted by molar-refractivity contribution is -0.485. The highest BCUT2D eigenvalue weighted by Gasteiger charge is 2.43. The fraction of sp³-hybridized carbons (Fsp3) is 0.0769. The number of nitro benzene ring substituents is 1. The van der Waals surface area contributed by atoms with Gasteiger partial charge in [-0.15, -0.1) is 0 Å². The van der Waals surface area contributed by atoms with Gasteiger partial charge in [0.25, 0.3) is 5.69 Å². The molecule has 0 amide bonds. The molecule has 0 aliphatic carbocycles. The van der Waals surface area contributed by atoms with Gasteiger partial charge in [0, 0.05) is 15.0 Å². The van der Waals surface area contributed by atoms with Gasteiger partial charge in [0.15, 0.2) is 5.03 Å². The number of rotatable bonds is 4. The zero-order valence-corrected chi connectivity index (χ0v) is 15.0. The molecular formula is C13H6Br2F3N3O4. The molecule has 0 atom stereocenters. The normalized spacial score (nSPS) is 11.2. The molecule has 0 N–H and O–H groups in total. The van der Waals surface area contributed by atoms with E-state index >= 15 is 0 Å². The largest absolute Gasteiger partial charge is 0.418 e. The van der Waals surface area contributed by atoms with Crippen LogP contribution < -0.4 is 5.01 Å². The van der Waals surface area contributed by atoms with E-state index in [9.17, 15) is 33.4 Å². The molecule has 0 heterocycles. The summed E-state index contributed by atoms with van der Waals surface area (Å²) in [6.07, 6.45) is -5.03. The van der Waals surface area contributed by atoms with E-state index < -0.39 is 33.1 Å². The fourth-order valence-corrected chi connectivity index (χ4v) is 3.29. The van der Waals surface area contributed by atoms with Gasteiger partial charge in [0.05, 0.1) is 10.5 Å². The second kappa shape index (κ2) is 6.96. The number of nitrogens with zero attached hydrogens (tertiary/aromatic N) is 3. The Labute approximate surface area is 154 Å². The van der Waals surface area contributed by atoms with Crippen LogP contribution >= 0.6 is 31.9 Å². The summed E-state index contributed by atoms with van der Waals surface area (Å²) >= 11 is 6.14. The van der Waals surface area contributed by atoms with Crippen LogP contribution in [0.4, 0.5) is 30.2 Å². The van der Waals surface area contributed by atoms with E-state index in [1.807, 2.05) is 0 Å². The van der Waals surface area contributed by atoms with Crippen LogP contribution in [0.2, 0.25) is 0 Å². The van der Waals surface area contributed by atoms with Crippen molar-refractivity contribution in [3.8, 4) is 0 Å². The number of hydrogen-bond acceptors (Lipinski definition) is 4. The van der Waals surface area contributed by atoms with E-state index in [0.717, 1.165) is 18.2 Å². The summed E-state index contributed by atoms with van der Waals surface area (Å²) in [6.45, 7) is 0. The molecule has 2 aromatic rings. The minimum Gasteiger partial charge on any atom is -0.258 e. The van der Waals surface area contributed by atoms with Crippen LogP contribution in [-0.2, 0) is 6.18 Å². The molecule has 132 valence electrons.